The summed E-state index contributed by atoms with van der Waals surface area (Å²) in [6.07, 6.45) is 8.94. The zero-order valence-electron chi connectivity index (χ0n) is 10.8. The van der Waals surface area contributed by atoms with Gasteiger partial charge >= 0.3 is 0 Å². The zero-order valence-corrected chi connectivity index (χ0v) is 10.8. The first kappa shape index (κ1) is 12.4. The van der Waals surface area contributed by atoms with E-state index >= 15 is 0 Å². The SMILES string of the molecule is COCO[C@H]([C@@H]1[C@H](C)[C@H]2C=CC=C[C@@H]1O2)[C@H]1CO1. The lowest BCUT2D eigenvalue weighted by Gasteiger charge is -2.28. The summed E-state index contributed by atoms with van der Waals surface area (Å²) in [5.74, 6) is 0.765. The van der Waals surface area contributed by atoms with E-state index in [1.807, 2.05) is 0 Å². The van der Waals surface area contributed by atoms with E-state index < -0.39 is 0 Å². The molecule has 4 heteroatoms. The van der Waals surface area contributed by atoms with Crippen LogP contribution in [-0.2, 0) is 18.9 Å². The molecular weight excluding hydrogens is 232 g/mol. The fourth-order valence-electron chi connectivity index (χ4n) is 3.00. The van der Waals surface area contributed by atoms with Crippen molar-refractivity contribution in [2.24, 2.45) is 11.8 Å². The molecule has 18 heavy (non-hydrogen) atoms. The molecule has 3 rings (SSSR count). The molecule has 3 aliphatic rings. The van der Waals surface area contributed by atoms with E-state index in [4.69, 9.17) is 18.9 Å². The average Bonchev–Trinajstić information content (AvgIpc) is 3.15. The summed E-state index contributed by atoms with van der Waals surface area (Å²) in [6.45, 7) is 3.32. The Bertz CT molecular complexity index is 348. The Hall–Kier alpha value is -0.680. The first-order valence-corrected chi connectivity index (χ1v) is 6.54. The summed E-state index contributed by atoms with van der Waals surface area (Å²) in [6, 6.07) is 0. The van der Waals surface area contributed by atoms with Crippen molar-refractivity contribution in [1.82, 2.24) is 0 Å². The Kier molecular flexibility index (Phi) is 3.52. The fourth-order valence-corrected chi connectivity index (χ4v) is 3.00. The Morgan fingerprint density at radius 1 is 1.28 bits per heavy atom. The van der Waals surface area contributed by atoms with Crippen LogP contribution in [-0.4, -0.2) is 44.9 Å². The Balaban J connectivity index is 1.76. The molecule has 0 saturated carbocycles. The van der Waals surface area contributed by atoms with E-state index in [1.54, 1.807) is 7.11 Å². The summed E-state index contributed by atoms with van der Waals surface area (Å²) in [5, 5.41) is 0. The lowest BCUT2D eigenvalue weighted by atomic mass is 9.82. The third kappa shape index (κ3) is 2.26. The fraction of sp³-hybridized carbons (Fsp3) is 0.714. The van der Waals surface area contributed by atoms with Crippen LogP contribution in [0.2, 0.25) is 0 Å². The van der Waals surface area contributed by atoms with Gasteiger partial charge in [0, 0.05) is 13.0 Å². The molecular formula is C14H20O4. The Morgan fingerprint density at radius 2 is 2.00 bits per heavy atom. The molecule has 0 aromatic carbocycles. The molecule has 3 aliphatic heterocycles. The predicted octanol–water partition coefficient (Wildman–Crippen LogP) is 1.52. The third-order valence-electron chi connectivity index (χ3n) is 4.01. The zero-order chi connectivity index (χ0) is 12.5. The Labute approximate surface area is 108 Å². The number of allylic oxidation sites excluding steroid dienone is 2. The summed E-state index contributed by atoms with van der Waals surface area (Å²) >= 11 is 0. The van der Waals surface area contributed by atoms with Crippen LogP contribution >= 0.6 is 0 Å². The van der Waals surface area contributed by atoms with Crippen LogP contribution in [0.1, 0.15) is 6.92 Å². The van der Waals surface area contributed by atoms with Gasteiger partial charge in [-0.1, -0.05) is 31.2 Å². The number of rotatable bonds is 5. The van der Waals surface area contributed by atoms with Crippen molar-refractivity contribution in [2.45, 2.75) is 31.3 Å². The van der Waals surface area contributed by atoms with Gasteiger partial charge in [0.05, 0.1) is 24.9 Å². The topological polar surface area (TPSA) is 40.2 Å². The molecule has 0 unspecified atom stereocenters. The van der Waals surface area contributed by atoms with Crippen molar-refractivity contribution < 1.29 is 18.9 Å². The standard InChI is InChI=1S/C14H20O4/c1-9-10-5-3-4-6-11(18-10)13(9)14(12-7-16-12)17-8-15-2/h3-6,9-14H,7-8H2,1-2H3/t9-,10-,11+,12-,13-,14+/m1/s1. The normalized spacial score (nSPS) is 42.9. The second-order valence-corrected chi connectivity index (χ2v) is 5.18. The van der Waals surface area contributed by atoms with Crippen LogP contribution in [0.15, 0.2) is 24.3 Å². The number of fused-ring (bicyclic) bond motifs is 2. The van der Waals surface area contributed by atoms with Crippen LogP contribution in [0.25, 0.3) is 0 Å². The van der Waals surface area contributed by atoms with Crippen molar-refractivity contribution in [3.63, 3.8) is 0 Å². The highest BCUT2D eigenvalue weighted by Gasteiger charge is 2.50. The van der Waals surface area contributed by atoms with Crippen LogP contribution in [0.3, 0.4) is 0 Å². The maximum Gasteiger partial charge on any atom is 0.146 e. The van der Waals surface area contributed by atoms with Crippen molar-refractivity contribution in [3.8, 4) is 0 Å². The summed E-state index contributed by atoms with van der Waals surface area (Å²) < 4.78 is 22.3. The summed E-state index contributed by atoms with van der Waals surface area (Å²) in [4.78, 5) is 0. The lowest BCUT2D eigenvalue weighted by Crippen LogP contribution is -2.38. The first-order valence-electron chi connectivity index (χ1n) is 6.54. The van der Waals surface area contributed by atoms with Crippen molar-refractivity contribution >= 4 is 0 Å². The van der Waals surface area contributed by atoms with Gasteiger partial charge in [-0.15, -0.1) is 0 Å². The molecule has 0 radical (unpaired) electrons. The number of hydrogen-bond acceptors (Lipinski definition) is 4. The number of hydrogen-bond donors (Lipinski definition) is 0. The number of methoxy groups -OCH3 is 1. The predicted molar refractivity (Wildman–Crippen MR) is 66.1 cm³/mol. The van der Waals surface area contributed by atoms with E-state index in [2.05, 4.69) is 31.2 Å². The molecule has 0 aromatic heterocycles. The molecule has 0 N–H and O–H groups in total. The number of ether oxygens (including phenoxy) is 4. The van der Waals surface area contributed by atoms with Crippen molar-refractivity contribution in [3.05, 3.63) is 24.3 Å². The second-order valence-electron chi connectivity index (χ2n) is 5.18. The molecule has 3 heterocycles. The van der Waals surface area contributed by atoms with E-state index in [1.165, 1.54) is 0 Å². The van der Waals surface area contributed by atoms with Crippen LogP contribution in [0.5, 0.6) is 0 Å². The molecule has 4 nitrogen and oxygen atoms in total. The van der Waals surface area contributed by atoms with Gasteiger partial charge in [0.2, 0.25) is 0 Å². The van der Waals surface area contributed by atoms with E-state index in [9.17, 15) is 0 Å². The molecule has 0 spiro atoms. The molecule has 0 amide bonds. The third-order valence-corrected chi connectivity index (χ3v) is 4.01. The van der Waals surface area contributed by atoms with Gasteiger partial charge in [-0.2, -0.15) is 0 Å². The molecule has 2 bridgehead atoms. The highest BCUT2D eigenvalue weighted by Crippen LogP contribution is 2.41. The maximum atomic E-state index is 6.04. The molecule has 0 aliphatic carbocycles. The van der Waals surface area contributed by atoms with Gasteiger partial charge in [0.15, 0.2) is 0 Å². The highest BCUT2D eigenvalue weighted by atomic mass is 16.7. The van der Waals surface area contributed by atoms with Crippen LogP contribution in [0, 0.1) is 11.8 Å². The quantitative estimate of drug-likeness (QED) is 0.549. The minimum Gasteiger partial charge on any atom is -0.370 e. The minimum atomic E-state index is 0.0612. The molecule has 0 aromatic rings. The smallest absolute Gasteiger partial charge is 0.146 e. The monoisotopic (exact) mass is 252 g/mol. The van der Waals surface area contributed by atoms with Gasteiger partial charge < -0.3 is 18.9 Å². The van der Waals surface area contributed by atoms with Crippen molar-refractivity contribution in [1.29, 1.82) is 0 Å². The van der Waals surface area contributed by atoms with Gasteiger partial charge in [-0.25, -0.2) is 0 Å². The molecule has 100 valence electrons. The lowest BCUT2D eigenvalue weighted by molar-refractivity contribution is -0.108. The first-order chi connectivity index (χ1) is 8.81. The van der Waals surface area contributed by atoms with E-state index in [0.717, 1.165) is 6.61 Å². The van der Waals surface area contributed by atoms with Gasteiger partial charge in [-0.05, 0) is 5.92 Å². The average molecular weight is 252 g/mol. The molecule has 2 fully saturated rings. The van der Waals surface area contributed by atoms with Crippen LogP contribution < -0.4 is 0 Å². The Morgan fingerprint density at radius 3 is 2.67 bits per heavy atom. The molecule has 6 atom stereocenters. The highest BCUT2D eigenvalue weighted by molar-refractivity contribution is 5.18. The molecule has 2 saturated heterocycles. The largest absolute Gasteiger partial charge is 0.370 e. The minimum absolute atomic E-state index is 0.0612. The summed E-state index contributed by atoms with van der Waals surface area (Å²) in [5.41, 5.74) is 0. The second kappa shape index (κ2) is 5.13. The maximum absolute atomic E-state index is 6.04. The van der Waals surface area contributed by atoms with E-state index in [0.29, 0.717) is 18.6 Å². The van der Waals surface area contributed by atoms with Gasteiger partial charge in [0.25, 0.3) is 0 Å². The van der Waals surface area contributed by atoms with Gasteiger partial charge in [0.1, 0.15) is 12.9 Å². The van der Waals surface area contributed by atoms with Crippen molar-refractivity contribution in [2.75, 3.05) is 20.5 Å². The number of epoxide rings is 1. The van der Waals surface area contributed by atoms with Gasteiger partial charge in [-0.3, -0.25) is 0 Å². The summed E-state index contributed by atoms with van der Waals surface area (Å²) in [7, 11) is 1.64. The van der Waals surface area contributed by atoms with E-state index in [-0.39, 0.29) is 24.4 Å². The van der Waals surface area contributed by atoms with Crippen LogP contribution in [0.4, 0.5) is 0 Å².